The molecule has 0 radical (unpaired) electrons. The molecule has 1 aromatic rings. The molecule has 5 heteroatoms. The van der Waals surface area contributed by atoms with Crippen LogP contribution in [0.3, 0.4) is 0 Å². The number of likely N-dealkylation sites (tertiary alicyclic amines) is 1. The lowest BCUT2D eigenvalue weighted by molar-refractivity contribution is -0.130. The van der Waals surface area contributed by atoms with Crippen LogP contribution < -0.4 is 10.5 Å². The summed E-state index contributed by atoms with van der Waals surface area (Å²) in [5.74, 6) is 0.553. The normalized spacial score (nSPS) is 18.1. The maximum atomic E-state index is 11.4. The van der Waals surface area contributed by atoms with Crippen molar-refractivity contribution in [2.45, 2.75) is 25.8 Å². The van der Waals surface area contributed by atoms with E-state index in [4.69, 9.17) is 15.7 Å². The molecule has 1 aromatic carbocycles. The predicted octanol–water partition coefficient (Wildman–Crippen LogP) is 1.53. The van der Waals surface area contributed by atoms with Crippen LogP contribution in [0.2, 0.25) is 0 Å². The molecule has 1 fully saturated rings. The topological polar surface area (TPSA) is 79.3 Å². The zero-order chi connectivity index (χ0) is 13.8. The summed E-state index contributed by atoms with van der Waals surface area (Å²) >= 11 is 0. The number of carbonyl (C=O) groups excluding carboxylic acids is 1. The highest BCUT2D eigenvalue weighted by Gasteiger charge is 2.27. The number of nitrogens with two attached hydrogens (primary N) is 1. The molecule has 1 aliphatic rings. The van der Waals surface area contributed by atoms with Crippen molar-refractivity contribution in [3.05, 3.63) is 23.8 Å². The molecule has 0 bridgehead atoms. The fraction of sp³-hybridized carbons (Fsp3) is 0.429. The van der Waals surface area contributed by atoms with Crippen molar-refractivity contribution < 1.29 is 9.53 Å². The van der Waals surface area contributed by atoms with Gasteiger partial charge in [-0.15, -0.1) is 0 Å². The van der Waals surface area contributed by atoms with Crippen molar-refractivity contribution >= 4 is 11.6 Å². The second-order valence-electron chi connectivity index (χ2n) is 4.65. The highest BCUT2D eigenvalue weighted by atomic mass is 16.5. The minimum absolute atomic E-state index is 0.0687. The first-order valence-electron chi connectivity index (χ1n) is 6.32. The Morgan fingerprint density at radius 2 is 2.42 bits per heavy atom. The molecule has 100 valence electrons. The minimum atomic E-state index is 0.0687. The Hall–Kier alpha value is -2.22. The Morgan fingerprint density at radius 1 is 1.63 bits per heavy atom. The van der Waals surface area contributed by atoms with Crippen LogP contribution in [0.25, 0.3) is 0 Å². The maximum Gasteiger partial charge on any atom is 0.219 e. The van der Waals surface area contributed by atoms with Crippen molar-refractivity contribution in [3.63, 3.8) is 0 Å². The molecule has 5 nitrogen and oxygen atoms in total. The smallest absolute Gasteiger partial charge is 0.219 e. The van der Waals surface area contributed by atoms with Crippen molar-refractivity contribution in [2.24, 2.45) is 0 Å². The van der Waals surface area contributed by atoms with E-state index in [1.807, 2.05) is 11.0 Å². The average molecular weight is 259 g/mol. The van der Waals surface area contributed by atoms with Gasteiger partial charge < -0.3 is 15.4 Å². The molecule has 2 rings (SSSR count). The number of amides is 1. The lowest BCUT2D eigenvalue weighted by atomic mass is 10.2. The number of nitrogen functional groups attached to an aromatic ring is 1. The van der Waals surface area contributed by atoms with Gasteiger partial charge >= 0.3 is 0 Å². The zero-order valence-corrected chi connectivity index (χ0v) is 10.9. The Balaban J connectivity index is 2.05. The van der Waals surface area contributed by atoms with E-state index in [0.717, 1.165) is 19.4 Å². The predicted molar refractivity (Wildman–Crippen MR) is 71.5 cm³/mol. The second kappa shape index (κ2) is 5.61. The van der Waals surface area contributed by atoms with Crippen molar-refractivity contribution in [2.75, 3.05) is 18.9 Å². The fourth-order valence-electron chi connectivity index (χ4n) is 2.40. The maximum absolute atomic E-state index is 11.4. The van der Waals surface area contributed by atoms with E-state index in [1.165, 1.54) is 0 Å². The number of benzene rings is 1. The molecule has 1 heterocycles. The number of nitrogens with zero attached hydrogens (tertiary/aromatic N) is 2. The van der Waals surface area contributed by atoms with Crippen LogP contribution in [0.15, 0.2) is 18.2 Å². The van der Waals surface area contributed by atoms with E-state index in [9.17, 15) is 4.79 Å². The molecule has 0 saturated carbocycles. The van der Waals surface area contributed by atoms with Gasteiger partial charge in [0.2, 0.25) is 5.91 Å². The molecule has 1 saturated heterocycles. The summed E-state index contributed by atoms with van der Waals surface area (Å²) in [4.78, 5) is 13.3. The molecule has 0 aliphatic carbocycles. The number of ether oxygens (including phenoxy) is 1. The third-order valence-electron chi connectivity index (χ3n) is 3.38. The number of hydrogen-bond acceptors (Lipinski definition) is 4. The summed E-state index contributed by atoms with van der Waals surface area (Å²) in [5.41, 5.74) is 6.49. The molecule has 1 aliphatic heterocycles. The number of anilines is 1. The van der Waals surface area contributed by atoms with Gasteiger partial charge in [-0.1, -0.05) is 6.07 Å². The number of hydrogen-bond donors (Lipinski definition) is 1. The van der Waals surface area contributed by atoms with Crippen molar-refractivity contribution in [3.8, 4) is 11.8 Å². The average Bonchev–Trinajstić information content (AvgIpc) is 2.84. The summed E-state index contributed by atoms with van der Waals surface area (Å²) in [5, 5.41) is 9.06. The summed E-state index contributed by atoms with van der Waals surface area (Å²) in [7, 11) is 0. The largest absolute Gasteiger partial charge is 0.490 e. The van der Waals surface area contributed by atoms with E-state index in [-0.39, 0.29) is 11.9 Å². The van der Waals surface area contributed by atoms with Crippen LogP contribution >= 0.6 is 0 Å². The molecule has 19 heavy (non-hydrogen) atoms. The van der Waals surface area contributed by atoms with Gasteiger partial charge in [-0.25, -0.2) is 0 Å². The van der Waals surface area contributed by atoms with E-state index in [1.54, 1.807) is 25.1 Å². The molecule has 0 spiro atoms. The van der Waals surface area contributed by atoms with E-state index < -0.39 is 0 Å². The third-order valence-corrected chi connectivity index (χ3v) is 3.38. The first-order chi connectivity index (χ1) is 9.13. The van der Waals surface area contributed by atoms with Gasteiger partial charge in [0.05, 0.1) is 11.7 Å². The first kappa shape index (κ1) is 13.2. The van der Waals surface area contributed by atoms with E-state index >= 15 is 0 Å². The number of carbonyl (C=O) groups is 1. The van der Waals surface area contributed by atoms with Crippen LogP contribution in [0.5, 0.6) is 5.75 Å². The van der Waals surface area contributed by atoms with Gasteiger partial charge in [-0.2, -0.15) is 5.26 Å². The molecule has 2 N–H and O–H groups in total. The van der Waals surface area contributed by atoms with Gasteiger partial charge in [0, 0.05) is 13.5 Å². The van der Waals surface area contributed by atoms with Crippen LogP contribution in [-0.2, 0) is 4.79 Å². The van der Waals surface area contributed by atoms with Crippen LogP contribution in [0.4, 0.5) is 5.69 Å². The molecule has 0 aromatic heterocycles. The first-order valence-corrected chi connectivity index (χ1v) is 6.32. The number of rotatable bonds is 3. The van der Waals surface area contributed by atoms with Crippen LogP contribution in [-0.4, -0.2) is 30.0 Å². The Morgan fingerprint density at radius 3 is 3.11 bits per heavy atom. The van der Waals surface area contributed by atoms with Crippen molar-refractivity contribution in [1.82, 2.24) is 4.90 Å². The molecule has 1 unspecified atom stereocenters. The minimum Gasteiger partial charge on any atom is -0.490 e. The molecule has 1 amide bonds. The summed E-state index contributed by atoms with van der Waals surface area (Å²) in [6.07, 6.45) is 1.93. The SMILES string of the molecule is CC(=O)N1CCCC1COc1cccc(N)c1C#N. The monoisotopic (exact) mass is 259 g/mol. The number of nitriles is 1. The van der Waals surface area contributed by atoms with Gasteiger partial charge in [-0.3, -0.25) is 4.79 Å². The highest BCUT2D eigenvalue weighted by Crippen LogP contribution is 2.25. The lowest BCUT2D eigenvalue weighted by Crippen LogP contribution is -2.37. The lowest BCUT2D eigenvalue weighted by Gasteiger charge is -2.23. The molecular formula is C14H17N3O2. The van der Waals surface area contributed by atoms with E-state index in [0.29, 0.717) is 23.6 Å². The van der Waals surface area contributed by atoms with Gasteiger partial charge in [0.15, 0.2) is 0 Å². The van der Waals surface area contributed by atoms with Gasteiger partial charge in [-0.05, 0) is 25.0 Å². The molecular weight excluding hydrogens is 242 g/mol. The Bertz CT molecular complexity index is 522. The summed E-state index contributed by atoms with van der Waals surface area (Å²) < 4.78 is 5.68. The quantitative estimate of drug-likeness (QED) is 0.835. The third kappa shape index (κ3) is 2.79. The molecule has 1 atom stereocenters. The standard InChI is InChI=1S/C14H17N3O2/c1-10(18)17-7-3-4-11(17)9-19-14-6-2-5-13(16)12(14)8-15/h2,5-6,11H,3-4,7,9,16H2,1H3. The highest BCUT2D eigenvalue weighted by molar-refractivity contribution is 5.73. The van der Waals surface area contributed by atoms with Gasteiger partial charge in [0.25, 0.3) is 0 Å². The van der Waals surface area contributed by atoms with Crippen molar-refractivity contribution in [1.29, 1.82) is 5.26 Å². The van der Waals surface area contributed by atoms with Crippen LogP contribution in [0, 0.1) is 11.3 Å². The summed E-state index contributed by atoms with van der Waals surface area (Å²) in [6, 6.07) is 7.28. The Labute approximate surface area is 112 Å². The van der Waals surface area contributed by atoms with E-state index in [2.05, 4.69) is 0 Å². The van der Waals surface area contributed by atoms with Gasteiger partial charge in [0.1, 0.15) is 24.0 Å². The Kier molecular flexibility index (Phi) is 3.91. The van der Waals surface area contributed by atoms with Crippen LogP contribution in [0.1, 0.15) is 25.3 Å². The second-order valence-corrected chi connectivity index (χ2v) is 4.65. The zero-order valence-electron chi connectivity index (χ0n) is 10.9. The fourth-order valence-corrected chi connectivity index (χ4v) is 2.40. The summed E-state index contributed by atoms with van der Waals surface area (Å²) in [6.45, 7) is 2.75.